The maximum absolute atomic E-state index is 11.4. The Labute approximate surface area is 131 Å². The maximum Gasteiger partial charge on any atom is 0.149 e. The number of thiocarbonyl (C=S) groups is 1. The summed E-state index contributed by atoms with van der Waals surface area (Å²) in [6.07, 6.45) is 5.45. The van der Waals surface area contributed by atoms with Crippen LogP contribution in [0.2, 0.25) is 0 Å². The Balaban J connectivity index is 2.31. The molecule has 1 heterocycles. The molecule has 116 valence electrons. The van der Waals surface area contributed by atoms with Crippen molar-refractivity contribution in [1.29, 1.82) is 0 Å². The summed E-state index contributed by atoms with van der Waals surface area (Å²) in [4.78, 5) is 4.91. The summed E-state index contributed by atoms with van der Waals surface area (Å²) in [5.74, 6) is 0.641. The van der Waals surface area contributed by atoms with Crippen molar-refractivity contribution >= 4 is 32.9 Å². The molecule has 1 unspecified atom stereocenters. The molecular weight excluding hydrogens is 306 g/mol. The molecule has 7 heteroatoms. The summed E-state index contributed by atoms with van der Waals surface area (Å²) < 4.78 is 22.7. The quantitative estimate of drug-likeness (QED) is 0.796. The molecule has 3 N–H and O–H groups in total. The number of hydrogen-bond donors (Lipinski definition) is 2. The van der Waals surface area contributed by atoms with E-state index >= 15 is 0 Å². The fraction of sp³-hybridized carbons (Fsp3) is 0.571. The predicted molar refractivity (Wildman–Crippen MR) is 89.6 cm³/mol. The van der Waals surface area contributed by atoms with Crippen molar-refractivity contribution in [2.75, 3.05) is 17.3 Å². The average Bonchev–Trinajstić information content (AvgIpc) is 2.35. The SMILES string of the molecule is CC(CS(C)(=O)=O)Nc1nc2c(cc1C(N)=S)CCCC2. The fourth-order valence-electron chi connectivity index (χ4n) is 2.66. The molecule has 5 nitrogen and oxygen atoms in total. The van der Waals surface area contributed by atoms with Crippen LogP contribution in [-0.2, 0) is 22.7 Å². The Morgan fingerprint density at radius 3 is 2.76 bits per heavy atom. The first-order valence-corrected chi connectivity index (χ1v) is 9.50. The van der Waals surface area contributed by atoms with Crippen molar-refractivity contribution in [3.8, 4) is 0 Å². The minimum absolute atomic E-state index is 0.0442. The average molecular weight is 327 g/mol. The molecule has 0 spiro atoms. The molecule has 1 aliphatic rings. The standard InChI is InChI=1S/C14H21N3O2S2/c1-9(8-21(2,18)19)16-14-11(13(15)20)7-10-5-3-4-6-12(10)17-14/h7,9H,3-6,8H2,1-2H3,(H2,15,20)(H,16,17). The number of nitrogens with one attached hydrogen (secondary N) is 1. The first kappa shape index (κ1) is 16.2. The number of aryl methyl sites for hydroxylation is 2. The molecule has 0 saturated heterocycles. The van der Waals surface area contributed by atoms with Gasteiger partial charge in [0.15, 0.2) is 0 Å². The van der Waals surface area contributed by atoms with Crippen LogP contribution in [0.1, 0.15) is 36.6 Å². The molecule has 1 aromatic rings. The summed E-state index contributed by atoms with van der Waals surface area (Å²) in [7, 11) is -3.05. The highest BCUT2D eigenvalue weighted by molar-refractivity contribution is 7.90. The van der Waals surface area contributed by atoms with Gasteiger partial charge in [0.25, 0.3) is 0 Å². The summed E-state index contributed by atoms with van der Waals surface area (Å²) in [5.41, 5.74) is 8.75. The van der Waals surface area contributed by atoms with Crippen molar-refractivity contribution in [3.63, 3.8) is 0 Å². The van der Waals surface area contributed by atoms with Gasteiger partial charge >= 0.3 is 0 Å². The molecule has 2 rings (SSSR count). The van der Waals surface area contributed by atoms with Crippen LogP contribution in [-0.4, -0.2) is 36.4 Å². The van der Waals surface area contributed by atoms with E-state index in [2.05, 4.69) is 10.3 Å². The number of nitrogens with zero attached hydrogens (tertiary/aromatic N) is 1. The van der Waals surface area contributed by atoms with Crippen LogP contribution >= 0.6 is 12.2 Å². The Bertz CT molecular complexity index is 656. The van der Waals surface area contributed by atoms with Gasteiger partial charge in [0.1, 0.15) is 20.6 Å². The van der Waals surface area contributed by atoms with E-state index < -0.39 is 9.84 Å². The van der Waals surface area contributed by atoms with Crippen LogP contribution in [0.25, 0.3) is 0 Å². The lowest BCUT2D eigenvalue weighted by molar-refractivity contribution is 0.597. The highest BCUT2D eigenvalue weighted by Crippen LogP contribution is 2.25. The molecule has 1 atom stereocenters. The number of hydrogen-bond acceptors (Lipinski definition) is 5. The van der Waals surface area contributed by atoms with Gasteiger partial charge in [0.2, 0.25) is 0 Å². The van der Waals surface area contributed by atoms with E-state index in [1.807, 2.05) is 13.0 Å². The zero-order valence-corrected chi connectivity index (χ0v) is 14.0. The van der Waals surface area contributed by atoms with Gasteiger partial charge in [0.05, 0.1) is 11.3 Å². The van der Waals surface area contributed by atoms with Gasteiger partial charge in [-0.3, -0.25) is 0 Å². The van der Waals surface area contributed by atoms with Gasteiger partial charge in [-0.15, -0.1) is 0 Å². The van der Waals surface area contributed by atoms with Crippen LogP contribution in [0, 0.1) is 0 Å². The highest BCUT2D eigenvalue weighted by atomic mass is 32.2. The first-order chi connectivity index (χ1) is 9.76. The lowest BCUT2D eigenvalue weighted by atomic mass is 9.94. The third-order valence-corrected chi connectivity index (χ3v) is 4.83. The molecular formula is C14H21N3O2S2. The molecule has 0 aromatic carbocycles. The number of rotatable bonds is 5. The predicted octanol–water partition coefficient (Wildman–Crippen LogP) is 1.44. The maximum atomic E-state index is 11.4. The Kier molecular flexibility index (Phi) is 4.83. The highest BCUT2D eigenvalue weighted by Gasteiger charge is 2.18. The van der Waals surface area contributed by atoms with Crippen LogP contribution in [0.4, 0.5) is 5.82 Å². The minimum atomic E-state index is -3.05. The fourth-order valence-corrected chi connectivity index (χ4v) is 3.81. The third-order valence-electron chi connectivity index (χ3n) is 3.50. The second-order valence-corrected chi connectivity index (χ2v) is 8.32. The normalized spacial score (nSPS) is 16.1. The molecule has 0 bridgehead atoms. The number of aromatic nitrogens is 1. The van der Waals surface area contributed by atoms with E-state index in [9.17, 15) is 8.42 Å². The Morgan fingerprint density at radius 2 is 2.14 bits per heavy atom. The summed E-state index contributed by atoms with van der Waals surface area (Å²) in [5, 5.41) is 3.14. The van der Waals surface area contributed by atoms with Gasteiger partial charge in [-0.2, -0.15) is 0 Å². The van der Waals surface area contributed by atoms with Crippen LogP contribution < -0.4 is 11.1 Å². The summed E-state index contributed by atoms with van der Waals surface area (Å²) >= 11 is 5.10. The van der Waals surface area contributed by atoms with Gasteiger partial charge in [-0.05, 0) is 44.2 Å². The number of sulfone groups is 1. The molecule has 0 radical (unpaired) electrons. The van der Waals surface area contributed by atoms with Crippen LogP contribution in [0.15, 0.2) is 6.07 Å². The van der Waals surface area contributed by atoms with Gasteiger partial charge < -0.3 is 11.1 Å². The van der Waals surface area contributed by atoms with Gasteiger partial charge in [0, 0.05) is 18.0 Å². The minimum Gasteiger partial charge on any atom is -0.389 e. The second-order valence-electron chi connectivity index (χ2n) is 5.70. The smallest absolute Gasteiger partial charge is 0.149 e. The Hall–Kier alpha value is -1.21. The van der Waals surface area contributed by atoms with Crippen molar-refractivity contribution in [3.05, 3.63) is 22.9 Å². The second kappa shape index (κ2) is 6.27. The lowest BCUT2D eigenvalue weighted by Crippen LogP contribution is -2.28. The van der Waals surface area contributed by atoms with Gasteiger partial charge in [-0.25, -0.2) is 13.4 Å². The van der Waals surface area contributed by atoms with Gasteiger partial charge in [-0.1, -0.05) is 12.2 Å². The van der Waals surface area contributed by atoms with Crippen molar-refractivity contribution in [2.45, 2.75) is 38.6 Å². The first-order valence-electron chi connectivity index (χ1n) is 7.03. The van der Waals surface area contributed by atoms with E-state index in [1.165, 1.54) is 11.8 Å². The lowest BCUT2D eigenvalue weighted by Gasteiger charge is -2.21. The third kappa shape index (κ3) is 4.38. The molecule has 21 heavy (non-hydrogen) atoms. The van der Waals surface area contributed by atoms with E-state index in [-0.39, 0.29) is 16.8 Å². The van der Waals surface area contributed by atoms with Crippen molar-refractivity contribution < 1.29 is 8.42 Å². The van der Waals surface area contributed by atoms with E-state index in [4.69, 9.17) is 18.0 Å². The van der Waals surface area contributed by atoms with Crippen molar-refractivity contribution in [2.24, 2.45) is 5.73 Å². The van der Waals surface area contributed by atoms with E-state index in [0.29, 0.717) is 11.4 Å². The van der Waals surface area contributed by atoms with Crippen LogP contribution in [0.3, 0.4) is 0 Å². The van der Waals surface area contributed by atoms with Crippen molar-refractivity contribution in [1.82, 2.24) is 4.98 Å². The topological polar surface area (TPSA) is 85.1 Å². The zero-order chi connectivity index (χ0) is 15.6. The number of pyridine rings is 1. The van der Waals surface area contributed by atoms with E-state index in [1.54, 1.807) is 0 Å². The number of nitrogens with two attached hydrogens (primary N) is 1. The largest absolute Gasteiger partial charge is 0.389 e. The monoisotopic (exact) mass is 327 g/mol. The van der Waals surface area contributed by atoms with Crippen LogP contribution in [0.5, 0.6) is 0 Å². The Morgan fingerprint density at radius 1 is 1.48 bits per heavy atom. The zero-order valence-electron chi connectivity index (χ0n) is 12.3. The molecule has 0 amide bonds. The number of fused-ring (bicyclic) bond motifs is 1. The molecule has 0 fully saturated rings. The summed E-state index contributed by atoms with van der Waals surface area (Å²) in [6.45, 7) is 1.81. The summed E-state index contributed by atoms with van der Waals surface area (Å²) in [6, 6.07) is 1.75. The molecule has 1 aromatic heterocycles. The van der Waals surface area contributed by atoms with E-state index in [0.717, 1.165) is 31.4 Å². The molecule has 0 aliphatic heterocycles. The molecule has 0 saturated carbocycles. The number of anilines is 1. The molecule has 1 aliphatic carbocycles.